The number of nitrogens with one attached hydrogen (secondary N) is 1. The summed E-state index contributed by atoms with van der Waals surface area (Å²) in [7, 11) is 0. The Bertz CT molecular complexity index is 836. The van der Waals surface area contributed by atoms with Gasteiger partial charge in [-0.1, -0.05) is 50.1 Å². The normalized spacial score (nSPS) is 14.8. The smallest absolute Gasteiger partial charge is 0.261 e. The predicted molar refractivity (Wildman–Crippen MR) is 118 cm³/mol. The average molecular weight is 427 g/mol. The second kappa shape index (κ2) is 11.5. The summed E-state index contributed by atoms with van der Waals surface area (Å²) < 4.78 is 18.7. The Morgan fingerprint density at radius 1 is 1.10 bits per heavy atom. The SMILES string of the molecule is CCC(C(=O)NC1CCCC1)N(CCc1ccccc1)C(=O)COc1ccc(F)cc1. The molecule has 1 fully saturated rings. The van der Waals surface area contributed by atoms with Crippen LogP contribution in [0.25, 0.3) is 0 Å². The van der Waals surface area contributed by atoms with Gasteiger partial charge in [0.2, 0.25) is 5.91 Å². The molecule has 3 rings (SSSR count). The van der Waals surface area contributed by atoms with Crippen LogP contribution in [0.15, 0.2) is 54.6 Å². The molecule has 0 radical (unpaired) electrons. The first-order valence-corrected chi connectivity index (χ1v) is 11.1. The molecule has 1 aliphatic rings. The van der Waals surface area contributed by atoms with Crippen LogP contribution < -0.4 is 10.1 Å². The second-order valence-corrected chi connectivity index (χ2v) is 7.98. The van der Waals surface area contributed by atoms with E-state index in [0.29, 0.717) is 25.1 Å². The highest BCUT2D eigenvalue weighted by molar-refractivity contribution is 5.88. The van der Waals surface area contributed by atoms with Gasteiger partial charge in [0.05, 0.1) is 0 Å². The molecule has 1 saturated carbocycles. The van der Waals surface area contributed by atoms with E-state index in [9.17, 15) is 14.0 Å². The molecule has 0 aromatic heterocycles. The molecule has 0 spiro atoms. The molecule has 6 heteroatoms. The first-order valence-electron chi connectivity index (χ1n) is 11.1. The molecule has 31 heavy (non-hydrogen) atoms. The summed E-state index contributed by atoms with van der Waals surface area (Å²) in [5, 5.41) is 3.13. The van der Waals surface area contributed by atoms with Gasteiger partial charge in [-0.25, -0.2) is 4.39 Å². The molecular formula is C25H31FN2O3. The van der Waals surface area contributed by atoms with Crippen molar-refractivity contribution in [3.05, 3.63) is 66.0 Å². The number of amides is 2. The fraction of sp³-hybridized carbons (Fsp3) is 0.440. The molecule has 2 aromatic carbocycles. The molecule has 0 bridgehead atoms. The summed E-state index contributed by atoms with van der Waals surface area (Å²) in [5.74, 6) is -0.301. The number of ether oxygens (including phenoxy) is 1. The number of benzene rings is 2. The summed E-state index contributed by atoms with van der Waals surface area (Å²) >= 11 is 0. The minimum absolute atomic E-state index is 0.0995. The highest BCUT2D eigenvalue weighted by Gasteiger charge is 2.30. The van der Waals surface area contributed by atoms with E-state index in [1.807, 2.05) is 37.3 Å². The van der Waals surface area contributed by atoms with Crippen molar-refractivity contribution in [3.8, 4) is 5.75 Å². The monoisotopic (exact) mass is 426 g/mol. The van der Waals surface area contributed by atoms with Crippen LogP contribution in [0, 0.1) is 5.82 Å². The van der Waals surface area contributed by atoms with E-state index in [0.717, 1.165) is 31.2 Å². The quantitative estimate of drug-likeness (QED) is 0.622. The van der Waals surface area contributed by atoms with Crippen molar-refractivity contribution >= 4 is 11.8 Å². The summed E-state index contributed by atoms with van der Waals surface area (Å²) in [6.07, 6.45) is 5.42. The van der Waals surface area contributed by atoms with Crippen LogP contribution in [0.3, 0.4) is 0 Å². The van der Waals surface area contributed by atoms with E-state index >= 15 is 0 Å². The standard InChI is InChI=1S/C25H31FN2O3/c1-2-23(25(30)27-21-10-6-7-11-21)28(17-16-19-8-4-3-5-9-19)24(29)18-31-22-14-12-20(26)13-15-22/h3-5,8-9,12-15,21,23H,2,6-7,10-11,16-18H2,1H3,(H,27,30). The Hall–Kier alpha value is -2.89. The molecule has 0 aliphatic heterocycles. The molecule has 166 valence electrons. The van der Waals surface area contributed by atoms with Crippen molar-refractivity contribution in [2.75, 3.05) is 13.2 Å². The van der Waals surface area contributed by atoms with Crippen LogP contribution in [0.5, 0.6) is 5.75 Å². The van der Waals surface area contributed by atoms with Crippen molar-refractivity contribution in [1.29, 1.82) is 0 Å². The van der Waals surface area contributed by atoms with Crippen LogP contribution in [0.2, 0.25) is 0 Å². The van der Waals surface area contributed by atoms with Gasteiger partial charge in [-0.2, -0.15) is 0 Å². The summed E-state index contributed by atoms with van der Waals surface area (Å²) in [6.45, 7) is 2.14. The maximum absolute atomic E-state index is 13.1. The Balaban J connectivity index is 1.68. The Kier molecular flexibility index (Phi) is 8.44. The van der Waals surface area contributed by atoms with E-state index in [4.69, 9.17) is 4.74 Å². The number of hydrogen-bond donors (Lipinski definition) is 1. The zero-order chi connectivity index (χ0) is 22.1. The third-order valence-corrected chi connectivity index (χ3v) is 5.75. The van der Waals surface area contributed by atoms with Gasteiger partial charge in [0.25, 0.3) is 5.91 Å². The van der Waals surface area contributed by atoms with Crippen molar-refractivity contribution in [3.63, 3.8) is 0 Å². The minimum Gasteiger partial charge on any atom is -0.484 e. The van der Waals surface area contributed by atoms with Gasteiger partial charge in [-0.05, 0) is 55.5 Å². The molecule has 1 aliphatic carbocycles. The fourth-order valence-corrected chi connectivity index (χ4v) is 4.02. The third-order valence-electron chi connectivity index (χ3n) is 5.75. The lowest BCUT2D eigenvalue weighted by Gasteiger charge is -2.31. The van der Waals surface area contributed by atoms with Crippen molar-refractivity contribution in [2.45, 2.75) is 57.5 Å². The van der Waals surface area contributed by atoms with Crippen LogP contribution in [-0.2, 0) is 16.0 Å². The lowest BCUT2D eigenvalue weighted by Crippen LogP contribution is -2.52. The largest absolute Gasteiger partial charge is 0.484 e. The molecule has 5 nitrogen and oxygen atoms in total. The van der Waals surface area contributed by atoms with Gasteiger partial charge in [0.15, 0.2) is 6.61 Å². The number of nitrogens with zero attached hydrogens (tertiary/aromatic N) is 1. The Morgan fingerprint density at radius 3 is 2.42 bits per heavy atom. The maximum atomic E-state index is 13.1. The molecule has 0 saturated heterocycles. The number of halogens is 1. The fourth-order valence-electron chi connectivity index (χ4n) is 4.02. The number of carbonyl (C=O) groups is 2. The lowest BCUT2D eigenvalue weighted by molar-refractivity contribution is -0.142. The molecule has 1 unspecified atom stereocenters. The zero-order valence-corrected chi connectivity index (χ0v) is 18.1. The predicted octanol–water partition coefficient (Wildman–Crippen LogP) is 4.11. The molecular weight excluding hydrogens is 395 g/mol. The first-order chi connectivity index (χ1) is 15.1. The molecule has 0 heterocycles. The van der Waals surface area contributed by atoms with Gasteiger partial charge in [-0.3, -0.25) is 9.59 Å². The lowest BCUT2D eigenvalue weighted by atomic mass is 10.1. The van der Waals surface area contributed by atoms with E-state index in [1.54, 1.807) is 4.90 Å². The Labute approximate surface area is 183 Å². The molecule has 1 N–H and O–H groups in total. The van der Waals surface area contributed by atoms with Gasteiger partial charge < -0.3 is 15.0 Å². The van der Waals surface area contributed by atoms with Crippen LogP contribution in [0.1, 0.15) is 44.6 Å². The zero-order valence-electron chi connectivity index (χ0n) is 18.1. The van der Waals surface area contributed by atoms with Gasteiger partial charge in [0, 0.05) is 12.6 Å². The number of hydrogen-bond acceptors (Lipinski definition) is 3. The highest BCUT2D eigenvalue weighted by atomic mass is 19.1. The number of rotatable bonds is 10. The van der Waals surface area contributed by atoms with Crippen molar-refractivity contribution < 1.29 is 18.7 Å². The first kappa shape index (κ1) is 22.8. The molecule has 2 aromatic rings. The summed E-state index contributed by atoms with van der Waals surface area (Å²) in [5.41, 5.74) is 1.10. The molecule has 1 atom stereocenters. The van der Waals surface area contributed by atoms with Crippen LogP contribution in [-0.4, -0.2) is 41.9 Å². The van der Waals surface area contributed by atoms with Crippen LogP contribution in [0.4, 0.5) is 4.39 Å². The van der Waals surface area contributed by atoms with Gasteiger partial charge in [0.1, 0.15) is 17.6 Å². The van der Waals surface area contributed by atoms with E-state index in [-0.39, 0.29) is 30.3 Å². The van der Waals surface area contributed by atoms with E-state index in [2.05, 4.69) is 5.32 Å². The van der Waals surface area contributed by atoms with Crippen molar-refractivity contribution in [1.82, 2.24) is 10.2 Å². The minimum atomic E-state index is -0.548. The van der Waals surface area contributed by atoms with E-state index in [1.165, 1.54) is 24.3 Å². The number of carbonyl (C=O) groups excluding carboxylic acids is 2. The maximum Gasteiger partial charge on any atom is 0.261 e. The third kappa shape index (κ3) is 6.81. The average Bonchev–Trinajstić information content (AvgIpc) is 3.29. The van der Waals surface area contributed by atoms with Crippen LogP contribution >= 0.6 is 0 Å². The topological polar surface area (TPSA) is 58.6 Å². The summed E-state index contributed by atoms with van der Waals surface area (Å²) in [6, 6.07) is 15.1. The van der Waals surface area contributed by atoms with E-state index < -0.39 is 6.04 Å². The van der Waals surface area contributed by atoms with Gasteiger partial charge >= 0.3 is 0 Å². The highest BCUT2D eigenvalue weighted by Crippen LogP contribution is 2.19. The summed E-state index contributed by atoms with van der Waals surface area (Å²) in [4.78, 5) is 27.7. The second-order valence-electron chi connectivity index (χ2n) is 7.98. The Morgan fingerprint density at radius 2 is 1.77 bits per heavy atom. The van der Waals surface area contributed by atoms with Gasteiger partial charge in [-0.15, -0.1) is 0 Å². The van der Waals surface area contributed by atoms with Crippen molar-refractivity contribution in [2.24, 2.45) is 0 Å². The molecule has 2 amide bonds.